The molecule has 1 heterocycles. The van der Waals surface area contributed by atoms with E-state index in [1.165, 1.54) is 38.8 Å². The summed E-state index contributed by atoms with van der Waals surface area (Å²) in [4.78, 5) is 14.7. The second kappa shape index (κ2) is 7.96. The van der Waals surface area contributed by atoms with Gasteiger partial charge >= 0.3 is 0 Å². The van der Waals surface area contributed by atoms with Gasteiger partial charge in [0, 0.05) is 12.5 Å². The fourth-order valence-corrected chi connectivity index (χ4v) is 2.98. The highest BCUT2D eigenvalue weighted by Crippen LogP contribution is 2.28. The van der Waals surface area contributed by atoms with Crippen molar-refractivity contribution in [3.05, 3.63) is 11.6 Å². The maximum absolute atomic E-state index is 12.2. The van der Waals surface area contributed by atoms with E-state index in [2.05, 4.69) is 17.9 Å². The number of ketones is 1. The first-order valence-electron chi connectivity index (χ1n) is 7.27. The number of rotatable bonds is 5. The molecule has 2 fully saturated rings. The van der Waals surface area contributed by atoms with Gasteiger partial charge in [0.05, 0.1) is 0 Å². The molecule has 1 atom stereocenters. The summed E-state index contributed by atoms with van der Waals surface area (Å²) in [7, 11) is 0. The molecule has 0 radical (unpaired) electrons. The van der Waals surface area contributed by atoms with Crippen molar-refractivity contribution in [2.75, 3.05) is 19.6 Å². The molecule has 0 aromatic heterocycles. The van der Waals surface area contributed by atoms with Gasteiger partial charge in [0.25, 0.3) is 0 Å². The number of halogens is 1. The predicted octanol–water partition coefficient (Wildman–Crippen LogP) is 3.60. The monoisotopic (exact) mass is 271 g/mol. The molecule has 0 bridgehead atoms. The van der Waals surface area contributed by atoms with Crippen molar-refractivity contribution in [3.8, 4) is 0 Å². The highest BCUT2D eigenvalue weighted by molar-refractivity contribution is 5.99. The summed E-state index contributed by atoms with van der Waals surface area (Å²) < 4.78 is 0. The van der Waals surface area contributed by atoms with E-state index < -0.39 is 0 Å². The molecule has 0 spiro atoms. The quantitative estimate of drug-likeness (QED) is 0.563. The molecule has 2 aliphatic rings. The minimum Gasteiger partial charge on any atom is -0.303 e. The SMILES string of the molecule is CCCC/C=C1\CCC(CN2CCCC2)C1=O.Cl. The fraction of sp³-hybridized carbons (Fsp3) is 0.800. The summed E-state index contributed by atoms with van der Waals surface area (Å²) in [6.45, 7) is 5.63. The molecule has 104 valence electrons. The van der Waals surface area contributed by atoms with Crippen LogP contribution in [0.15, 0.2) is 11.6 Å². The molecular formula is C15H26ClNO. The first-order chi connectivity index (χ1) is 8.31. The molecule has 0 amide bonds. The number of unbranched alkanes of at least 4 members (excludes halogenated alkanes) is 2. The summed E-state index contributed by atoms with van der Waals surface area (Å²) >= 11 is 0. The Kier molecular flexibility index (Phi) is 6.95. The van der Waals surface area contributed by atoms with Crippen LogP contribution in [0.1, 0.15) is 51.9 Å². The van der Waals surface area contributed by atoms with E-state index in [1.54, 1.807) is 0 Å². The van der Waals surface area contributed by atoms with Crippen LogP contribution in [0.3, 0.4) is 0 Å². The van der Waals surface area contributed by atoms with E-state index in [0.29, 0.717) is 11.7 Å². The topological polar surface area (TPSA) is 20.3 Å². The molecule has 18 heavy (non-hydrogen) atoms. The minimum absolute atomic E-state index is 0. The van der Waals surface area contributed by atoms with E-state index in [0.717, 1.165) is 31.4 Å². The standard InChI is InChI=1S/C15H25NO.ClH/c1-2-3-4-7-13-8-9-14(15(13)17)12-16-10-5-6-11-16;/h7,14H,2-6,8-12H2,1H3;1H/b13-7+;. The Balaban J connectivity index is 0.00000162. The Morgan fingerprint density at radius 3 is 2.72 bits per heavy atom. The first kappa shape index (κ1) is 15.7. The van der Waals surface area contributed by atoms with Crippen LogP contribution in [0, 0.1) is 5.92 Å². The summed E-state index contributed by atoms with van der Waals surface area (Å²) in [6.07, 6.45) is 10.5. The smallest absolute Gasteiger partial charge is 0.162 e. The molecule has 1 unspecified atom stereocenters. The predicted molar refractivity (Wildman–Crippen MR) is 78.3 cm³/mol. The summed E-state index contributed by atoms with van der Waals surface area (Å²) in [5.74, 6) is 0.758. The van der Waals surface area contributed by atoms with Gasteiger partial charge in [-0.2, -0.15) is 0 Å². The van der Waals surface area contributed by atoms with Crippen molar-refractivity contribution in [2.24, 2.45) is 5.92 Å². The van der Waals surface area contributed by atoms with Gasteiger partial charge in [0.2, 0.25) is 0 Å². The Bertz CT molecular complexity index is 295. The van der Waals surface area contributed by atoms with Crippen molar-refractivity contribution in [2.45, 2.75) is 51.9 Å². The molecule has 0 aromatic rings. The number of nitrogens with zero attached hydrogens (tertiary/aromatic N) is 1. The van der Waals surface area contributed by atoms with Crippen molar-refractivity contribution < 1.29 is 4.79 Å². The minimum atomic E-state index is 0. The maximum atomic E-state index is 12.2. The summed E-state index contributed by atoms with van der Waals surface area (Å²) in [5, 5.41) is 0. The highest BCUT2D eigenvalue weighted by atomic mass is 35.5. The zero-order chi connectivity index (χ0) is 12.1. The third-order valence-electron chi connectivity index (χ3n) is 4.08. The number of carbonyl (C=O) groups is 1. The van der Waals surface area contributed by atoms with Crippen molar-refractivity contribution in [3.63, 3.8) is 0 Å². The van der Waals surface area contributed by atoms with E-state index in [1.807, 2.05) is 0 Å². The number of hydrogen-bond acceptors (Lipinski definition) is 2. The molecule has 3 heteroatoms. The van der Waals surface area contributed by atoms with Crippen LogP contribution >= 0.6 is 12.4 Å². The molecule has 2 nitrogen and oxygen atoms in total. The van der Waals surface area contributed by atoms with Gasteiger partial charge in [0.15, 0.2) is 5.78 Å². The largest absolute Gasteiger partial charge is 0.303 e. The lowest BCUT2D eigenvalue weighted by atomic mass is 10.1. The summed E-state index contributed by atoms with van der Waals surface area (Å²) in [5.41, 5.74) is 1.13. The lowest BCUT2D eigenvalue weighted by Crippen LogP contribution is -2.28. The van der Waals surface area contributed by atoms with E-state index in [4.69, 9.17) is 0 Å². The number of hydrogen-bond donors (Lipinski definition) is 0. The van der Waals surface area contributed by atoms with Crippen LogP contribution in [0.2, 0.25) is 0 Å². The molecule has 2 rings (SSSR count). The molecule has 1 saturated heterocycles. The Hall–Kier alpha value is -0.340. The zero-order valence-corrected chi connectivity index (χ0v) is 12.3. The van der Waals surface area contributed by atoms with Gasteiger partial charge in [-0.05, 0) is 50.8 Å². The van der Waals surface area contributed by atoms with Gasteiger partial charge in [-0.25, -0.2) is 0 Å². The van der Waals surface area contributed by atoms with Gasteiger partial charge in [0.1, 0.15) is 0 Å². The van der Waals surface area contributed by atoms with Crippen molar-refractivity contribution >= 4 is 18.2 Å². The molecule has 1 aliphatic heterocycles. The second-order valence-electron chi connectivity index (χ2n) is 5.48. The zero-order valence-electron chi connectivity index (χ0n) is 11.5. The number of allylic oxidation sites excluding steroid dienone is 2. The average molecular weight is 272 g/mol. The lowest BCUT2D eigenvalue weighted by Gasteiger charge is -2.18. The van der Waals surface area contributed by atoms with Crippen LogP contribution in [-0.4, -0.2) is 30.3 Å². The third kappa shape index (κ3) is 4.10. The van der Waals surface area contributed by atoms with Crippen LogP contribution in [0.5, 0.6) is 0 Å². The lowest BCUT2D eigenvalue weighted by molar-refractivity contribution is -0.118. The number of Topliss-reactive ketones (excluding diaryl/α,β-unsaturated/α-hetero) is 1. The molecule has 0 N–H and O–H groups in total. The van der Waals surface area contributed by atoms with Crippen molar-refractivity contribution in [1.82, 2.24) is 4.90 Å². The van der Waals surface area contributed by atoms with Gasteiger partial charge in [-0.1, -0.05) is 25.8 Å². The normalized spacial score (nSPS) is 26.8. The average Bonchev–Trinajstić information content (AvgIpc) is 2.94. The van der Waals surface area contributed by atoms with Crippen LogP contribution in [0.25, 0.3) is 0 Å². The van der Waals surface area contributed by atoms with Crippen LogP contribution < -0.4 is 0 Å². The molecule has 1 saturated carbocycles. The van der Waals surface area contributed by atoms with Crippen LogP contribution in [-0.2, 0) is 4.79 Å². The van der Waals surface area contributed by atoms with E-state index in [9.17, 15) is 4.79 Å². The first-order valence-corrected chi connectivity index (χ1v) is 7.27. The van der Waals surface area contributed by atoms with Gasteiger partial charge < -0.3 is 4.90 Å². The summed E-state index contributed by atoms with van der Waals surface area (Å²) in [6, 6.07) is 0. The molecule has 0 aromatic carbocycles. The Morgan fingerprint density at radius 2 is 2.06 bits per heavy atom. The number of carbonyl (C=O) groups excluding carboxylic acids is 1. The Morgan fingerprint density at radius 1 is 1.33 bits per heavy atom. The van der Waals surface area contributed by atoms with Crippen LogP contribution in [0.4, 0.5) is 0 Å². The van der Waals surface area contributed by atoms with E-state index in [-0.39, 0.29) is 12.4 Å². The fourth-order valence-electron chi connectivity index (χ4n) is 2.98. The second-order valence-corrected chi connectivity index (χ2v) is 5.48. The molecular weight excluding hydrogens is 246 g/mol. The Labute approximate surface area is 117 Å². The van der Waals surface area contributed by atoms with Gasteiger partial charge in [-0.15, -0.1) is 12.4 Å². The third-order valence-corrected chi connectivity index (χ3v) is 4.08. The van der Waals surface area contributed by atoms with E-state index >= 15 is 0 Å². The van der Waals surface area contributed by atoms with Crippen molar-refractivity contribution in [1.29, 1.82) is 0 Å². The number of likely N-dealkylation sites (tertiary alicyclic amines) is 1. The molecule has 1 aliphatic carbocycles. The van der Waals surface area contributed by atoms with Gasteiger partial charge in [-0.3, -0.25) is 4.79 Å². The highest BCUT2D eigenvalue weighted by Gasteiger charge is 2.30. The maximum Gasteiger partial charge on any atom is 0.162 e.